The summed E-state index contributed by atoms with van der Waals surface area (Å²) in [7, 11) is -4.17. The number of alkyl halides is 3. The van der Waals surface area contributed by atoms with E-state index >= 15 is 0 Å². The first-order valence-electron chi connectivity index (χ1n) is 10.4. The summed E-state index contributed by atoms with van der Waals surface area (Å²) >= 11 is 0. The second-order valence-corrected chi connectivity index (χ2v) is 9.41. The van der Waals surface area contributed by atoms with E-state index in [0.717, 1.165) is 35.3 Å². The van der Waals surface area contributed by atoms with Gasteiger partial charge in [-0.05, 0) is 37.5 Å². The van der Waals surface area contributed by atoms with Gasteiger partial charge in [-0.1, -0.05) is 19.4 Å². The highest BCUT2D eigenvalue weighted by molar-refractivity contribution is 7.89. The van der Waals surface area contributed by atoms with Crippen LogP contribution in [-0.4, -0.2) is 56.9 Å². The molecule has 0 atom stereocenters. The number of benzene rings is 1. The van der Waals surface area contributed by atoms with Crippen molar-refractivity contribution in [2.75, 3.05) is 26.2 Å². The predicted molar refractivity (Wildman–Crippen MR) is 110 cm³/mol. The number of nitrogens with zero attached hydrogens (tertiary/aromatic N) is 1. The number of amides is 3. The highest BCUT2D eigenvalue weighted by Crippen LogP contribution is 2.32. The molecule has 1 aliphatic heterocycles. The number of nitrogens with one attached hydrogen (secondary N) is 2. The second kappa shape index (κ2) is 11.5. The third-order valence-electron chi connectivity index (χ3n) is 5.00. The Morgan fingerprint density at radius 3 is 2.45 bits per heavy atom. The molecule has 184 valence electrons. The van der Waals surface area contributed by atoms with E-state index in [1.54, 1.807) is 0 Å². The molecule has 1 heterocycles. The number of rotatable bonds is 8. The van der Waals surface area contributed by atoms with Crippen LogP contribution in [0.5, 0.6) is 0 Å². The maximum atomic E-state index is 12.9. The average Bonchev–Trinajstić information content (AvgIpc) is 2.77. The van der Waals surface area contributed by atoms with E-state index in [1.165, 1.54) is 0 Å². The van der Waals surface area contributed by atoms with Gasteiger partial charge in [-0.15, -0.1) is 0 Å². The molecule has 13 heteroatoms. The number of esters is 1. The van der Waals surface area contributed by atoms with E-state index in [1.807, 2.05) is 12.2 Å². The zero-order valence-electron chi connectivity index (χ0n) is 18.0. The normalized spacial score (nSPS) is 15.6. The Bertz CT molecular complexity index is 960. The molecule has 0 unspecified atom stereocenters. The predicted octanol–water partition coefficient (Wildman–Crippen LogP) is 2.28. The summed E-state index contributed by atoms with van der Waals surface area (Å²) in [5.41, 5.74) is -1.07. The third-order valence-corrected chi connectivity index (χ3v) is 6.90. The molecule has 0 bridgehead atoms. The van der Waals surface area contributed by atoms with Crippen molar-refractivity contribution in [2.45, 2.75) is 43.7 Å². The van der Waals surface area contributed by atoms with Gasteiger partial charge in [-0.2, -0.15) is 17.5 Å². The fourth-order valence-electron chi connectivity index (χ4n) is 3.15. The van der Waals surface area contributed by atoms with Crippen molar-refractivity contribution in [1.82, 2.24) is 14.9 Å². The van der Waals surface area contributed by atoms with E-state index in [0.29, 0.717) is 12.6 Å². The zero-order valence-corrected chi connectivity index (χ0v) is 18.8. The fraction of sp³-hybridized carbons (Fsp3) is 0.550. The number of ether oxygens (including phenoxy) is 1. The van der Waals surface area contributed by atoms with E-state index < -0.39 is 57.1 Å². The van der Waals surface area contributed by atoms with E-state index in [2.05, 4.69) is 5.32 Å². The zero-order chi connectivity index (χ0) is 24.6. The highest BCUT2D eigenvalue weighted by atomic mass is 32.2. The first-order valence-corrected chi connectivity index (χ1v) is 11.8. The van der Waals surface area contributed by atoms with Crippen molar-refractivity contribution in [2.24, 2.45) is 5.92 Å². The van der Waals surface area contributed by atoms with Crippen LogP contribution in [0, 0.1) is 5.92 Å². The molecule has 33 heavy (non-hydrogen) atoms. The summed E-state index contributed by atoms with van der Waals surface area (Å²) in [6, 6.07) is 2.77. The third kappa shape index (κ3) is 7.70. The Morgan fingerprint density at radius 1 is 1.18 bits per heavy atom. The number of carbonyl (C=O) groups is 3. The largest absolute Gasteiger partial charge is 0.455 e. The monoisotopic (exact) mass is 493 g/mol. The Kier molecular flexibility index (Phi) is 9.23. The molecule has 1 aliphatic rings. The van der Waals surface area contributed by atoms with Gasteiger partial charge in [0.15, 0.2) is 6.61 Å². The molecule has 3 amide bonds. The van der Waals surface area contributed by atoms with Crippen molar-refractivity contribution in [3.63, 3.8) is 0 Å². The summed E-state index contributed by atoms with van der Waals surface area (Å²) in [4.78, 5) is 34.9. The topological polar surface area (TPSA) is 122 Å². The summed E-state index contributed by atoms with van der Waals surface area (Å²) in [5.74, 6) is -2.20. The number of urea groups is 1. The Morgan fingerprint density at radius 2 is 1.85 bits per heavy atom. The molecular formula is C20H26F3N3O6S. The molecule has 1 fully saturated rings. The van der Waals surface area contributed by atoms with Crippen LogP contribution in [0.25, 0.3) is 0 Å². The van der Waals surface area contributed by atoms with Crippen molar-refractivity contribution < 1.29 is 40.7 Å². The van der Waals surface area contributed by atoms with Gasteiger partial charge in [0, 0.05) is 19.6 Å². The molecule has 1 saturated heterocycles. The Hall–Kier alpha value is -2.67. The van der Waals surface area contributed by atoms with Gasteiger partial charge in [0.25, 0.3) is 5.91 Å². The SMILES string of the molecule is CCCCNC(=O)NC(=O)COC(=O)C1CCN(S(=O)(=O)c2cccc(C(F)(F)F)c2)CC1. The number of halogens is 3. The molecule has 2 rings (SSSR count). The first-order chi connectivity index (χ1) is 15.4. The van der Waals surface area contributed by atoms with Crippen molar-refractivity contribution >= 4 is 27.9 Å². The van der Waals surface area contributed by atoms with Crippen LogP contribution in [0.3, 0.4) is 0 Å². The summed E-state index contributed by atoms with van der Waals surface area (Å²) < 4.78 is 70.0. The van der Waals surface area contributed by atoms with E-state index in [9.17, 15) is 36.0 Å². The number of unbranched alkanes of at least 4 members (excludes halogenated alkanes) is 1. The molecular weight excluding hydrogens is 467 g/mol. The minimum absolute atomic E-state index is 0.0795. The molecule has 0 saturated carbocycles. The number of carbonyl (C=O) groups excluding carboxylic acids is 3. The molecule has 0 spiro atoms. The Balaban J connectivity index is 1.84. The van der Waals surface area contributed by atoms with Crippen LogP contribution < -0.4 is 10.6 Å². The number of hydrogen-bond donors (Lipinski definition) is 2. The molecule has 2 N–H and O–H groups in total. The van der Waals surface area contributed by atoms with Crippen LogP contribution in [0.4, 0.5) is 18.0 Å². The number of piperidine rings is 1. The lowest BCUT2D eigenvalue weighted by Crippen LogP contribution is -2.43. The number of hydrogen-bond acceptors (Lipinski definition) is 6. The van der Waals surface area contributed by atoms with Crippen LogP contribution in [0.15, 0.2) is 29.2 Å². The van der Waals surface area contributed by atoms with Crippen molar-refractivity contribution in [1.29, 1.82) is 0 Å². The second-order valence-electron chi connectivity index (χ2n) is 7.47. The molecule has 1 aromatic carbocycles. The van der Waals surface area contributed by atoms with Crippen LogP contribution in [-0.2, 0) is 30.5 Å². The van der Waals surface area contributed by atoms with Gasteiger partial charge in [0.1, 0.15) is 0 Å². The molecule has 9 nitrogen and oxygen atoms in total. The Labute approximate surface area is 189 Å². The van der Waals surface area contributed by atoms with E-state index in [4.69, 9.17) is 4.74 Å². The maximum Gasteiger partial charge on any atom is 0.416 e. The van der Waals surface area contributed by atoms with Gasteiger partial charge in [-0.3, -0.25) is 14.9 Å². The van der Waals surface area contributed by atoms with E-state index in [-0.39, 0.29) is 25.9 Å². The minimum atomic E-state index is -4.68. The highest BCUT2D eigenvalue weighted by Gasteiger charge is 2.35. The molecule has 0 radical (unpaired) electrons. The van der Waals surface area contributed by atoms with Gasteiger partial charge in [0.2, 0.25) is 10.0 Å². The van der Waals surface area contributed by atoms with Crippen molar-refractivity contribution in [3.8, 4) is 0 Å². The van der Waals surface area contributed by atoms with Crippen LogP contribution in [0.2, 0.25) is 0 Å². The van der Waals surface area contributed by atoms with Crippen molar-refractivity contribution in [3.05, 3.63) is 29.8 Å². The van der Waals surface area contributed by atoms with Crippen LogP contribution in [0.1, 0.15) is 38.2 Å². The molecule has 0 aromatic heterocycles. The lowest BCUT2D eigenvalue weighted by atomic mass is 9.98. The molecule has 1 aromatic rings. The minimum Gasteiger partial charge on any atom is -0.455 e. The van der Waals surface area contributed by atoms with Gasteiger partial charge in [-0.25, -0.2) is 13.2 Å². The summed E-state index contributed by atoms with van der Waals surface area (Å²) in [5, 5.41) is 4.50. The molecule has 0 aliphatic carbocycles. The summed E-state index contributed by atoms with van der Waals surface area (Å²) in [6.07, 6.45) is -2.90. The van der Waals surface area contributed by atoms with Gasteiger partial charge < -0.3 is 10.1 Å². The first kappa shape index (κ1) is 26.6. The lowest BCUT2D eigenvalue weighted by molar-refractivity contribution is -0.153. The number of imide groups is 1. The maximum absolute atomic E-state index is 12.9. The van der Waals surface area contributed by atoms with Gasteiger partial charge in [0.05, 0.1) is 16.4 Å². The average molecular weight is 494 g/mol. The quantitative estimate of drug-likeness (QED) is 0.423. The fourth-order valence-corrected chi connectivity index (χ4v) is 4.67. The smallest absolute Gasteiger partial charge is 0.416 e. The lowest BCUT2D eigenvalue weighted by Gasteiger charge is -2.30. The standard InChI is InChI=1S/C20H26F3N3O6S/c1-2-3-9-24-19(29)25-17(27)13-32-18(28)14-7-10-26(11-8-14)33(30,31)16-6-4-5-15(12-16)20(21,22)23/h4-6,12,14H,2-3,7-11,13H2,1H3,(H2,24,25,27,29). The van der Waals surface area contributed by atoms with Gasteiger partial charge >= 0.3 is 18.2 Å². The number of sulfonamides is 1. The summed E-state index contributed by atoms with van der Waals surface area (Å²) in [6.45, 7) is 1.49. The van der Waals surface area contributed by atoms with Crippen LogP contribution >= 0.6 is 0 Å².